The molecule has 0 radical (unpaired) electrons. The van der Waals surface area contributed by atoms with Gasteiger partial charge >= 0.3 is 0 Å². The standard InChI is InChI=1S/C18H26N4O/c1-3-5-6-17(4-2)18(23)20-11-15-7-9-16(10-8-15)12-22-14-19-13-21-22/h7-10,13-14,17H,3-6,11-12H2,1-2H3,(H,20,23). The van der Waals surface area contributed by atoms with E-state index < -0.39 is 0 Å². The summed E-state index contributed by atoms with van der Waals surface area (Å²) in [4.78, 5) is 16.1. The molecule has 1 N–H and O–H groups in total. The van der Waals surface area contributed by atoms with E-state index in [0.29, 0.717) is 13.1 Å². The minimum Gasteiger partial charge on any atom is -0.352 e. The van der Waals surface area contributed by atoms with Crippen molar-refractivity contribution in [1.29, 1.82) is 0 Å². The predicted octanol–water partition coefficient (Wildman–Crippen LogP) is 3.16. The van der Waals surface area contributed by atoms with Crippen molar-refractivity contribution < 1.29 is 4.79 Å². The molecule has 2 aromatic rings. The van der Waals surface area contributed by atoms with Gasteiger partial charge in [0, 0.05) is 12.5 Å². The lowest BCUT2D eigenvalue weighted by atomic mass is 9.98. The summed E-state index contributed by atoms with van der Waals surface area (Å²) in [5.41, 5.74) is 2.28. The van der Waals surface area contributed by atoms with E-state index in [2.05, 4.69) is 53.5 Å². The Morgan fingerprint density at radius 2 is 1.96 bits per heavy atom. The second kappa shape index (κ2) is 9.08. The molecule has 0 fully saturated rings. The molecule has 0 bridgehead atoms. The highest BCUT2D eigenvalue weighted by Gasteiger charge is 2.15. The summed E-state index contributed by atoms with van der Waals surface area (Å²) in [5.74, 6) is 0.314. The average molecular weight is 314 g/mol. The molecule has 0 aliphatic heterocycles. The number of nitrogens with one attached hydrogen (secondary N) is 1. The monoisotopic (exact) mass is 314 g/mol. The molecule has 0 aliphatic carbocycles. The lowest BCUT2D eigenvalue weighted by molar-refractivity contribution is -0.125. The zero-order valence-corrected chi connectivity index (χ0v) is 14.0. The number of rotatable bonds is 9. The maximum atomic E-state index is 12.2. The van der Waals surface area contributed by atoms with Crippen molar-refractivity contribution in [2.24, 2.45) is 5.92 Å². The molecule has 1 unspecified atom stereocenters. The highest BCUT2D eigenvalue weighted by atomic mass is 16.1. The highest BCUT2D eigenvalue weighted by Crippen LogP contribution is 2.13. The van der Waals surface area contributed by atoms with E-state index >= 15 is 0 Å². The third-order valence-electron chi connectivity index (χ3n) is 4.07. The van der Waals surface area contributed by atoms with Crippen LogP contribution in [-0.4, -0.2) is 20.7 Å². The van der Waals surface area contributed by atoms with Crippen molar-refractivity contribution in [2.75, 3.05) is 0 Å². The van der Waals surface area contributed by atoms with Gasteiger partial charge in [-0.2, -0.15) is 5.10 Å². The van der Waals surface area contributed by atoms with E-state index in [1.54, 1.807) is 11.0 Å². The number of amides is 1. The second-order valence-electron chi connectivity index (χ2n) is 5.87. The first kappa shape index (κ1) is 17.2. The van der Waals surface area contributed by atoms with Gasteiger partial charge in [-0.3, -0.25) is 4.79 Å². The van der Waals surface area contributed by atoms with Crippen LogP contribution in [0.3, 0.4) is 0 Å². The van der Waals surface area contributed by atoms with Crippen LogP contribution in [0.5, 0.6) is 0 Å². The first-order valence-electron chi connectivity index (χ1n) is 8.40. The topological polar surface area (TPSA) is 59.8 Å². The maximum Gasteiger partial charge on any atom is 0.223 e. The summed E-state index contributed by atoms with van der Waals surface area (Å²) in [6.07, 6.45) is 7.38. The van der Waals surface area contributed by atoms with Gasteiger partial charge in [-0.15, -0.1) is 0 Å². The average Bonchev–Trinajstić information content (AvgIpc) is 3.08. The third-order valence-corrected chi connectivity index (χ3v) is 4.07. The second-order valence-corrected chi connectivity index (χ2v) is 5.87. The summed E-state index contributed by atoms with van der Waals surface area (Å²) in [6, 6.07) is 8.24. The van der Waals surface area contributed by atoms with Gasteiger partial charge < -0.3 is 5.32 Å². The smallest absolute Gasteiger partial charge is 0.223 e. The van der Waals surface area contributed by atoms with Gasteiger partial charge in [-0.1, -0.05) is 51.0 Å². The largest absolute Gasteiger partial charge is 0.352 e. The predicted molar refractivity (Wildman–Crippen MR) is 90.7 cm³/mol. The van der Waals surface area contributed by atoms with E-state index in [0.717, 1.165) is 31.2 Å². The zero-order valence-electron chi connectivity index (χ0n) is 14.0. The Labute approximate surface area is 138 Å². The number of unbranched alkanes of at least 4 members (excludes halogenated alkanes) is 1. The molecule has 23 heavy (non-hydrogen) atoms. The number of carbonyl (C=O) groups is 1. The lowest BCUT2D eigenvalue weighted by Gasteiger charge is -2.14. The van der Waals surface area contributed by atoms with Crippen LogP contribution in [0.25, 0.3) is 0 Å². The normalized spacial score (nSPS) is 12.1. The first-order valence-corrected chi connectivity index (χ1v) is 8.40. The summed E-state index contributed by atoms with van der Waals surface area (Å²) >= 11 is 0. The van der Waals surface area contributed by atoms with Gasteiger partial charge in [0.15, 0.2) is 0 Å². The van der Waals surface area contributed by atoms with Crippen molar-refractivity contribution >= 4 is 5.91 Å². The van der Waals surface area contributed by atoms with Crippen molar-refractivity contribution in [3.8, 4) is 0 Å². The molecule has 1 amide bonds. The number of nitrogens with zero attached hydrogens (tertiary/aromatic N) is 3. The molecule has 0 saturated carbocycles. The zero-order chi connectivity index (χ0) is 16.5. The SMILES string of the molecule is CCCCC(CC)C(=O)NCc1ccc(Cn2cncn2)cc1. The quantitative estimate of drug-likeness (QED) is 0.773. The fraction of sp³-hybridized carbons (Fsp3) is 0.500. The van der Waals surface area contributed by atoms with Crippen LogP contribution in [0.15, 0.2) is 36.9 Å². The first-order chi connectivity index (χ1) is 11.2. The summed E-state index contributed by atoms with van der Waals surface area (Å²) < 4.78 is 1.79. The fourth-order valence-corrected chi connectivity index (χ4v) is 2.57. The lowest BCUT2D eigenvalue weighted by Crippen LogP contribution is -2.30. The third kappa shape index (κ3) is 5.51. The van der Waals surface area contributed by atoms with Crippen LogP contribution >= 0.6 is 0 Å². The molecule has 2 rings (SSSR count). The maximum absolute atomic E-state index is 12.2. The molecule has 1 atom stereocenters. The van der Waals surface area contributed by atoms with Crippen LogP contribution < -0.4 is 5.32 Å². The van der Waals surface area contributed by atoms with Crippen LogP contribution in [0.2, 0.25) is 0 Å². The molecule has 1 heterocycles. The van der Waals surface area contributed by atoms with Crippen LogP contribution in [-0.2, 0) is 17.9 Å². The van der Waals surface area contributed by atoms with Crippen LogP contribution in [0, 0.1) is 5.92 Å². The molecule has 0 saturated heterocycles. The number of benzene rings is 1. The fourth-order valence-electron chi connectivity index (χ4n) is 2.57. The Morgan fingerprint density at radius 3 is 2.57 bits per heavy atom. The Bertz CT molecular complexity index is 578. The molecular formula is C18H26N4O. The number of hydrogen-bond acceptors (Lipinski definition) is 3. The molecule has 5 heteroatoms. The van der Waals surface area contributed by atoms with Crippen molar-refractivity contribution in [1.82, 2.24) is 20.1 Å². The minimum absolute atomic E-state index is 0.140. The van der Waals surface area contributed by atoms with Gasteiger partial charge in [0.2, 0.25) is 5.91 Å². The molecule has 1 aromatic carbocycles. The Hall–Kier alpha value is -2.17. The van der Waals surface area contributed by atoms with Crippen LogP contribution in [0.4, 0.5) is 0 Å². The van der Waals surface area contributed by atoms with E-state index in [1.807, 2.05) is 0 Å². The number of carbonyl (C=O) groups excluding carboxylic acids is 1. The molecule has 0 aliphatic rings. The van der Waals surface area contributed by atoms with Crippen molar-refractivity contribution in [3.05, 3.63) is 48.0 Å². The molecule has 5 nitrogen and oxygen atoms in total. The Balaban J connectivity index is 1.82. The molecule has 1 aromatic heterocycles. The molecule has 124 valence electrons. The summed E-state index contributed by atoms with van der Waals surface area (Å²) in [5, 5.41) is 7.15. The molecular weight excluding hydrogens is 288 g/mol. The van der Waals surface area contributed by atoms with Gasteiger partial charge in [-0.05, 0) is 24.0 Å². The van der Waals surface area contributed by atoms with Gasteiger partial charge in [0.1, 0.15) is 12.7 Å². The van der Waals surface area contributed by atoms with Crippen molar-refractivity contribution in [3.63, 3.8) is 0 Å². The minimum atomic E-state index is 0.140. The van der Waals surface area contributed by atoms with Gasteiger partial charge in [0.25, 0.3) is 0 Å². The van der Waals surface area contributed by atoms with Gasteiger partial charge in [0.05, 0.1) is 6.54 Å². The van der Waals surface area contributed by atoms with E-state index in [4.69, 9.17) is 0 Å². The van der Waals surface area contributed by atoms with E-state index in [1.165, 1.54) is 11.9 Å². The highest BCUT2D eigenvalue weighted by molar-refractivity contribution is 5.78. The number of hydrogen-bond donors (Lipinski definition) is 1. The van der Waals surface area contributed by atoms with Gasteiger partial charge in [-0.25, -0.2) is 9.67 Å². The molecule has 0 spiro atoms. The Kier molecular flexibility index (Phi) is 6.78. The van der Waals surface area contributed by atoms with E-state index in [-0.39, 0.29) is 11.8 Å². The van der Waals surface area contributed by atoms with Crippen LogP contribution in [0.1, 0.15) is 50.7 Å². The Morgan fingerprint density at radius 1 is 1.22 bits per heavy atom. The van der Waals surface area contributed by atoms with Crippen molar-refractivity contribution in [2.45, 2.75) is 52.6 Å². The summed E-state index contributed by atoms with van der Waals surface area (Å²) in [6.45, 7) is 5.54. The summed E-state index contributed by atoms with van der Waals surface area (Å²) in [7, 11) is 0. The van der Waals surface area contributed by atoms with E-state index in [9.17, 15) is 4.79 Å². The number of aromatic nitrogens is 3.